The molecule has 0 saturated carbocycles. The van der Waals surface area contributed by atoms with E-state index in [0.717, 1.165) is 0 Å². The molecule has 0 aromatic carbocycles. The minimum atomic E-state index is -1.55. The minimum Gasteiger partial charge on any atom is -0.480 e. The fraction of sp³-hybridized carbons (Fsp3) is 0.846. The van der Waals surface area contributed by atoms with E-state index < -0.39 is 24.7 Å². The van der Waals surface area contributed by atoms with Crippen molar-refractivity contribution in [3.8, 4) is 0 Å². The first-order valence-corrected chi connectivity index (χ1v) is 7.82. The fourth-order valence-corrected chi connectivity index (χ4v) is 2.96. The number of carbonyl (C=O) groups is 2. The number of hydrogen-bond acceptors (Lipinski definition) is 7. The summed E-state index contributed by atoms with van der Waals surface area (Å²) in [5, 5.41) is 27.3. The molecule has 3 atom stereocenters. The van der Waals surface area contributed by atoms with Crippen molar-refractivity contribution in [1.82, 2.24) is 4.90 Å². The summed E-state index contributed by atoms with van der Waals surface area (Å²) in [4.78, 5) is 25.3. The highest BCUT2D eigenvalue weighted by molar-refractivity contribution is 6.40. The molecular formula is C13H30BCl3N4O5. The van der Waals surface area contributed by atoms with E-state index in [0.29, 0.717) is 32.4 Å². The second-order valence-electron chi connectivity index (χ2n) is 6.35. The van der Waals surface area contributed by atoms with Crippen LogP contribution in [-0.4, -0.2) is 70.3 Å². The molecule has 1 fully saturated rings. The largest absolute Gasteiger partial charge is 0.480 e. The molecule has 0 spiro atoms. The molecule has 9 N–H and O–H groups in total. The summed E-state index contributed by atoms with van der Waals surface area (Å²) >= 11 is 0. The number of carboxylic acid groups (broad SMARTS) is 1. The Morgan fingerprint density at radius 3 is 2.31 bits per heavy atom. The second-order valence-corrected chi connectivity index (χ2v) is 6.35. The highest BCUT2D eigenvalue weighted by Gasteiger charge is 2.44. The standard InChI is InChI=1S/C13H27BN4O5.3ClH/c15-5-1-2-10(16)11(19)18-7-9(3-4-14(22)23)6-13(17,8-18)12(20)21;;;/h9-10,22-23H,1-8,15-17H2,(H,20,21);3*1H/t9-,10?,13+;;;/m0.../s1. The maximum atomic E-state index is 12.4. The molecule has 0 aromatic rings. The van der Waals surface area contributed by atoms with Crippen molar-refractivity contribution in [2.45, 2.75) is 43.6 Å². The molecule has 13 heteroatoms. The third kappa shape index (κ3) is 9.05. The quantitative estimate of drug-likeness (QED) is 0.256. The van der Waals surface area contributed by atoms with E-state index in [2.05, 4.69) is 0 Å². The fourth-order valence-electron chi connectivity index (χ4n) is 2.96. The average molecular weight is 440 g/mol. The number of nitrogens with two attached hydrogens (primary N) is 3. The van der Waals surface area contributed by atoms with Crippen LogP contribution in [0.15, 0.2) is 0 Å². The zero-order valence-electron chi connectivity index (χ0n) is 14.5. The SMILES string of the molecule is Cl.Cl.Cl.NCCCC(N)C(=O)N1C[C@@H](CCB(O)O)C[C@](N)(C(=O)O)C1. The number of carbonyl (C=O) groups excluding carboxylic acids is 1. The summed E-state index contributed by atoms with van der Waals surface area (Å²) < 4.78 is 0. The molecule has 1 unspecified atom stereocenters. The molecule has 1 aliphatic rings. The molecule has 0 aliphatic carbocycles. The van der Waals surface area contributed by atoms with Crippen molar-refractivity contribution in [3.63, 3.8) is 0 Å². The zero-order valence-corrected chi connectivity index (χ0v) is 16.9. The normalized spacial score (nSPS) is 23.0. The van der Waals surface area contributed by atoms with E-state index in [4.69, 9.17) is 27.2 Å². The second kappa shape index (κ2) is 13.8. The van der Waals surface area contributed by atoms with Gasteiger partial charge in [-0.1, -0.05) is 6.42 Å². The van der Waals surface area contributed by atoms with Crippen LogP contribution in [0.1, 0.15) is 25.7 Å². The van der Waals surface area contributed by atoms with Crippen LogP contribution < -0.4 is 17.2 Å². The van der Waals surface area contributed by atoms with Crippen LogP contribution in [0, 0.1) is 5.92 Å². The molecule has 0 bridgehead atoms. The van der Waals surface area contributed by atoms with Crippen LogP contribution >= 0.6 is 37.2 Å². The zero-order chi connectivity index (χ0) is 17.6. The van der Waals surface area contributed by atoms with Crippen LogP contribution in [0.2, 0.25) is 6.32 Å². The monoisotopic (exact) mass is 438 g/mol. The minimum absolute atomic E-state index is 0. The average Bonchev–Trinajstić information content (AvgIpc) is 2.49. The van der Waals surface area contributed by atoms with Gasteiger partial charge in [0.2, 0.25) is 5.91 Å². The van der Waals surface area contributed by atoms with Crippen LogP contribution in [-0.2, 0) is 9.59 Å². The van der Waals surface area contributed by atoms with Crippen LogP contribution in [0.25, 0.3) is 0 Å². The number of piperidine rings is 1. The Kier molecular flexibility index (Phi) is 16.1. The van der Waals surface area contributed by atoms with Gasteiger partial charge in [-0.3, -0.25) is 9.59 Å². The van der Waals surface area contributed by atoms with Gasteiger partial charge >= 0.3 is 13.1 Å². The Hall–Kier alpha value is -0.325. The summed E-state index contributed by atoms with van der Waals surface area (Å²) in [5.41, 5.74) is 15.7. The number of amides is 1. The first-order chi connectivity index (χ1) is 10.7. The molecule has 26 heavy (non-hydrogen) atoms. The number of halogens is 3. The molecular weight excluding hydrogens is 409 g/mol. The molecule has 0 aromatic heterocycles. The van der Waals surface area contributed by atoms with E-state index >= 15 is 0 Å². The topological polar surface area (TPSA) is 176 Å². The predicted molar refractivity (Wildman–Crippen MR) is 107 cm³/mol. The smallest absolute Gasteiger partial charge is 0.451 e. The highest BCUT2D eigenvalue weighted by atomic mass is 35.5. The van der Waals surface area contributed by atoms with Crippen LogP contribution in [0.4, 0.5) is 0 Å². The lowest BCUT2D eigenvalue weighted by Crippen LogP contribution is -2.64. The number of carboxylic acids is 1. The van der Waals surface area contributed by atoms with Crippen molar-refractivity contribution in [2.24, 2.45) is 23.1 Å². The summed E-state index contributed by atoms with van der Waals surface area (Å²) in [6.45, 7) is 0.637. The van der Waals surface area contributed by atoms with Gasteiger partial charge in [0.1, 0.15) is 5.54 Å². The van der Waals surface area contributed by atoms with Gasteiger partial charge in [0.05, 0.1) is 6.04 Å². The maximum absolute atomic E-state index is 12.4. The van der Waals surface area contributed by atoms with Gasteiger partial charge in [0.25, 0.3) is 0 Å². The van der Waals surface area contributed by atoms with E-state index in [1.807, 2.05) is 0 Å². The number of nitrogens with zero attached hydrogens (tertiary/aromatic N) is 1. The van der Waals surface area contributed by atoms with Crippen molar-refractivity contribution < 1.29 is 24.7 Å². The van der Waals surface area contributed by atoms with Gasteiger partial charge in [-0.15, -0.1) is 37.2 Å². The third-order valence-electron chi connectivity index (χ3n) is 4.21. The summed E-state index contributed by atoms with van der Waals surface area (Å²) in [7, 11) is -1.47. The van der Waals surface area contributed by atoms with Gasteiger partial charge in [-0.2, -0.15) is 0 Å². The summed E-state index contributed by atoms with van der Waals surface area (Å²) in [6, 6.07) is -0.737. The lowest BCUT2D eigenvalue weighted by atomic mass is 9.75. The molecule has 1 rings (SSSR count). The summed E-state index contributed by atoms with van der Waals surface area (Å²) in [6.07, 6.45) is 1.67. The number of hydrogen-bond donors (Lipinski definition) is 6. The number of rotatable bonds is 8. The predicted octanol–water partition coefficient (Wildman–Crippen LogP) is -1.19. The first kappa shape index (κ1) is 30.4. The van der Waals surface area contributed by atoms with E-state index in [9.17, 15) is 14.7 Å². The van der Waals surface area contributed by atoms with Gasteiger partial charge < -0.3 is 37.3 Å². The molecule has 1 saturated heterocycles. The maximum Gasteiger partial charge on any atom is 0.451 e. The molecule has 156 valence electrons. The number of likely N-dealkylation sites (tertiary alicyclic amines) is 1. The van der Waals surface area contributed by atoms with Crippen LogP contribution in [0.3, 0.4) is 0 Å². The van der Waals surface area contributed by atoms with Gasteiger partial charge in [-0.05, 0) is 38.0 Å². The molecule has 9 nitrogen and oxygen atoms in total. The Balaban J connectivity index is -0.00000176. The van der Waals surface area contributed by atoms with E-state index in [1.54, 1.807) is 0 Å². The Labute approximate surface area is 172 Å². The van der Waals surface area contributed by atoms with E-state index in [-0.39, 0.29) is 68.3 Å². The third-order valence-corrected chi connectivity index (χ3v) is 4.21. The molecule has 1 amide bonds. The first-order valence-electron chi connectivity index (χ1n) is 7.82. The van der Waals surface area contributed by atoms with E-state index in [1.165, 1.54) is 4.90 Å². The van der Waals surface area contributed by atoms with Crippen LogP contribution in [0.5, 0.6) is 0 Å². The lowest BCUT2D eigenvalue weighted by Gasteiger charge is -2.42. The lowest BCUT2D eigenvalue weighted by molar-refractivity contribution is -0.149. The van der Waals surface area contributed by atoms with Crippen molar-refractivity contribution in [1.29, 1.82) is 0 Å². The molecule has 1 aliphatic heterocycles. The van der Waals surface area contributed by atoms with Gasteiger partial charge in [0, 0.05) is 13.1 Å². The summed E-state index contributed by atoms with van der Waals surface area (Å²) in [5.74, 6) is -1.75. The Morgan fingerprint density at radius 1 is 1.27 bits per heavy atom. The molecule has 1 heterocycles. The Morgan fingerprint density at radius 2 is 1.85 bits per heavy atom. The molecule has 0 radical (unpaired) electrons. The van der Waals surface area contributed by atoms with Crippen molar-refractivity contribution in [3.05, 3.63) is 0 Å². The van der Waals surface area contributed by atoms with Crippen molar-refractivity contribution >= 4 is 56.2 Å². The van der Waals surface area contributed by atoms with Crippen molar-refractivity contribution in [2.75, 3.05) is 19.6 Å². The van der Waals surface area contributed by atoms with Gasteiger partial charge in [0.15, 0.2) is 0 Å². The highest BCUT2D eigenvalue weighted by Crippen LogP contribution is 2.28. The Bertz CT molecular complexity index is 439. The van der Waals surface area contributed by atoms with Gasteiger partial charge in [-0.25, -0.2) is 0 Å². The number of aliphatic carboxylic acids is 1.